The van der Waals surface area contributed by atoms with Gasteiger partial charge >= 0.3 is 6.03 Å². The van der Waals surface area contributed by atoms with Gasteiger partial charge in [0.25, 0.3) is 5.91 Å². The summed E-state index contributed by atoms with van der Waals surface area (Å²) in [6.07, 6.45) is 1.18. The Balaban J connectivity index is 1.68. The Kier molecular flexibility index (Phi) is 5.60. The van der Waals surface area contributed by atoms with Gasteiger partial charge < -0.3 is 10.6 Å². The fourth-order valence-corrected chi connectivity index (χ4v) is 3.83. The number of benzene rings is 1. The molecule has 1 fully saturated rings. The van der Waals surface area contributed by atoms with E-state index in [4.69, 9.17) is 0 Å². The molecule has 1 atom stereocenters. The lowest BCUT2D eigenvalue weighted by atomic mass is 10.0. The van der Waals surface area contributed by atoms with Crippen LogP contribution in [0.4, 0.5) is 10.5 Å². The summed E-state index contributed by atoms with van der Waals surface area (Å²) in [5.74, 6) is -0.893. The first kappa shape index (κ1) is 19.8. The number of thiophene rings is 1. The van der Waals surface area contributed by atoms with Crippen molar-refractivity contribution in [1.29, 1.82) is 0 Å². The van der Waals surface area contributed by atoms with E-state index in [1.807, 2.05) is 12.3 Å². The number of nitrogens with zero attached hydrogens (tertiary/aromatic N) is 1. The van der Waals surface area contributed by atoms with Gasteiger partial charge in [0.2, 0.25) is 5.91 Å². The summed E-state index contributed by atoms with van der Waals surface area (Å²) in [5, 5.41) is 7.25. The lowest BCUT2D eigenvalue weighted by molar-refractivity contribution is -0.130. The van der Waals surface area contributed by atoms with Gasteiger partial charge in [-0.05, 0) is 49.1 Å². The van der Waals surface area contributed by atoms with Crippen LogP contribution in [0, 0.1) is 0 Å². The van der Waals surface area contributed by atoms with Gasteiger partial charge in [0.1, 0.15) is 0 Å². The molecule has 0 radical (unpaired) electrons. The molecule has 0 saturated carbocycles. The second-order valence-corrected chi connectivity index (χ2v) is 7.67. The third-order valence-electron chi connectivity index (χ3n) is 4.56. The molecule has 0 aliphatic carbocycles. The van der Waals surface area contributed by atoms with Crippen molar-refractivity contribution >= 4 is 40.7 Å². The van der Waals surface area contributed by atoms with Crippen molar-refractivity contribution in [3.63, 3.8) is 0 Å². The number of urea groups is 1. The number of carbonyl (C=O) groups is 4. The molecule has 1 aromatic carbocycles. The maximum atomic E-state index is 12.8. The summed E-state index contributed by atoms with van der Waals surface area (Å²) in [6, 6.07) is 9.39. The third-order valence-corrected chi connectivity index (χ3v) is 5.65. The third kappa shape index (κ3) is 3.82. The minimum atomic E-state index is -1.15. The molecule has 7 nitrogen and oxygen atoms in total. The molecule has 2 N–H and O–H groups in total. The largest absolute Gasteiger partial charge is 0.326 e. The summed E-state index contributed by atoms with van der Waals surface area (Å²) in [5.41, 5.74) is -0.201. The number of amides is 4. The van der Waals surface area contributed by atoms with E-state index in [2.05, 4.69) is 10.6 Å². The van der Waals surface area contributed by atoms with E-state index >= 15 is 0 Å². The quantitative estimate of drug-likeness (QED) is 0.552. The topological polar surface area (TPSA) is 95.6 Å². The molecule has 1 unspecified atom stereocenters. The van der Waals surface area contributed by atoms with Crippen LogP contribution in [0.15, 0.2) is 41.8 Å². The molecule has 2 aromatic rings. The molecule has 0 bridgehead atoms. The molecule has 8 heteroatoms. The molecular formula is C20H21N3O4S. The van der Waals surface area contributed by atoms with E-state index in [9.17, 15) is 19.2 Å². The van der Waals surface area contributed by atoms with E-state index in [1.54, 1.807) is 43.3 Å². The molecule has 4 amide bonds. The zero-order valence-corrected chi connectivity index (χ0v) is 16.5. The second kappa shape index (κ2) is 7.93. The van der Waals surface area contributed by atoms with Crippen LogP contribution in [0.25, 0.3) is 0 Å². The van der Waals surface area contributed by atoms with Gasteiger partial charge in [0.05, 0.1) is 6.54 Å². The maximum absolute atomic E-state index is 12.8. The van der Waals surface area contributed by atoms with E-state index in [-0.39, 0.29) is 18.2 Å². The smallest absolute Gasteiger partial charge is 0.325 e. The lowest BCUT2D eigenvalue weighted by Gasteiger charge is -2.19. The van der Waals surface area contributed by atoms with Gasteiger partial charge in [-0.3, -0.25) is 19.3 Å². The van der Waals surface area contributed by atoms with E-state index in [1.165, 1.54) is 11.3 Å². The Labute approximate surface area is 166 Å². The van der Waals surface area contributed by atoms with Crippen molar-refractivity contribution in [2.45, 2.75) is 32.2 Å². The number of imide groups is 1. The zero-order valence-electron chi connectivity index (χ0n) is 15.7. The van der Waals surface area contributed by atoms with E-state index < -0.39 is 17.5 Å². The molecule has 3 rings (SSSR count). The standard InChI is InChI=1S/C20H21N3O4S/c1-3-5-17(25)21-14-9-7-13(8-10-14)15(24)12-23-18(26)20(2,22-19(23)27)16-6-4-11-28-16/h4,6-11H,3,5,12H2,1-2H3,(H,21,25)(H,22,27). The van der Waals surface area contributed by atoms with Crippen molar-refractivity contribution in [2.24, 2.45) is 0 Å². The Hall–Kier alpha value is -3.00. The number of anilines is 1. The number of hydrogen-bond donors (Lipinski definition) is 2. The predicted molar refractivity (Wildman–Crippen MR) is 106 cm³/mol. The minimum absolute atomic E-state index is 0.0891. The number of ketones is 1. The minimum Gasteiger partial charge on any atom is -0.326 e. The number of hydrogen-bond acceptors (Lipinski definition) is 5. The van der Waals surface area contributed by atoms with Crippen LogP contribution in [-0.4, -0.2) is 35.1 Å². The molecule has 28 heavy (non-hydrogen) atoms. The van der Waals surface area contributed by atoms with Crippen LogP contribution in [0.3, 0.4) is 0 Å². The number of rotatable bonds is 7. The van der Waals surface area contributed by atoms with E-state index in [0.29, 0.717) is 22.5 Å². The van der Waals surface area contributed by atoms with Crippen LogP contribution in [0.1, 0.15) is 41.9 Å². The molecule has 146 valence electrons. The van der Waals surface area contributed by atoms with Crippen molar-refractivity contribution in [2.75, 3.05) is 11.9 Å². The Morgan fingerprint density at radius 1 is 1.18 bits per heavy atom. The first-order valence-electron chi connectivity index (χ1n) is 8.96. The fraction of sp³-hybridized carbons (Fsp3) is 0.300. The van der Waals surface area contributed by atoms with Crippen LogP contribution >= 0.6 is 11.3 Å². The van der Waals surface area contributed by atoms with Gasteiger partial charge in [-0.15, -0.1) is 11.3 Å². The lowest BCUT2D eigenvalue weighted by Crippen LogP contribution is -2.40. The highest BCUT2D eigenvalue weighted by Gasteiger charge is 2.50. The van der Waals surface area contributed by atoms with Crippen LogP contribution in [0.2, 0.25) is 0 Å². The van der Waals surface area contributed by atoms with Crippen LogP contribution in [-0.2, 0) is 15.1 Å². The molecule has 1 aromatic heterocycles. The van der Waals surface area contributed by atoms with Gasteiger partial charge in [-0.1, -0.05) is 13.0 Å². The van der Waals surface area contributed by atoms with Crippen LogP contribution < -0.4 is 10.6 Å². The summed E-state index contributed by atoms with van der Waals surface area (Å²) in [7, 11) is 0. The average molecular weight is 399 g/mol. The summed E-state index contributed by atoms with van der Waals surface area (Å²) < 4.78 is 0. The molecule has 1 aliphatic rings. The molecule has 1 aliphatic heterocycles. The second-order valence-electron chi connectivity index (χ2n) is 6.72. The highest BCUT2D eigenvalue weighted by Crippen LogP contribution is 2.31. The first-order chi connectivity index (χ1) is 13.3. The molecule has 0 spiro atoms. The van der Waals surface area contributed by atoms with Gasteiger partial charge in [-0.25, -0.2) is 4.79 Å². The van der Waals surface area contributed by atoms with Gasteiger partial charge in [0.15, 0.2) is 11.3 Å². The van der Waals surface area contributed by atoms with E-state index in [0.717, 1.165) is 11.3 Å². The Morgan fingerprint density at radius 3 is 2.50 bits per heavy atom. The van der Waals surface area contributed by atoms with Crippen molar-refractivity contribution < 1.29 is 19.2 Å². The average Bonchev–Trinajstić information content (AvgIpc) is 3.27. The Bertz CT molecular complexity index is 908. The SMILES string of the molecule is CCCC(=O)Nc1ccc(C(=O)CN2C(=O)NC(C)(c3cccs3)C2=O)cc1. The van der Waals surface area contributed by atoms with Crippen molar-refractivity contribution in [3.05, 3.63) is 52.2 Å². The Morgan fingerprint density at radius 2 is 1.89 bits per heavy atom. The number of nitrogens with one attached hydrogen (secondary N) is 2. The predicted octanol–water partition coefficient (Wildman–Crippen LogP) is 3.14. The number of carbonyl (C=O) groups excluding carboxylic acids is 4. The molecular weight excluding hydrogens is 378 g/mol. The fourth-order valence-electron chi connectivity index (χ4n) is 3.00. The van der Waals surface area contributed by atoms with Crippen molar-refractivity contribution in [3.8, 4) is 0 Å². The maximum Gasteiger partial charge on any atom is 0.325 e. The number of Topliss-reactive ketones (excluding diaryl/α,β-unsaturated/α-hetero) is 1. The van der Waals surface area contributed by atoms with Gasteiger partial charge in [0, 0.05) is 22.5 Å². The summed E-state index contributed by atoms with van der Waals surface area (Å²) in [4.78, 5) is 50.9. The normalized spacial score (nSPS) is 18.9. The van der Waals surface area contributed by atoms with Crippen LogP contribution in [0.5, 0.6) is 0 Å². The monoisotopic (exact) mass is 399 g/mol. The molecule has 1 saturated heterocycles. The summed E-state index contributed by atoms with van der Waals surface area (Å²) >= 11 is 1.37. The summed E-state index contributed by atoms with van der Waals surface area (Å²) in [6.45, 7) is 3.21. The van der Waals surface area contributed by atoms with Crippen molar-refractivity contribution in [1.82, 2.24) is 10.2 Å². The highest BCUT2D eigenvalue weighted by molar-refractivity contribution is 7.10. The zero-order chi connectivity index (χ0) is 20.3. The first-order valence-corrected chi connectivity index (χ1v) is 9.84. The highest BCUT2D eigenvalue weighted by atomic mass is 32.1. The van der Waals surface area contributed by atoms with Gasteiger partial charge in [-0.2, -0.15) is 0 Å². The molecule has 2 heterocycles.